The lowest BCUT2D eigenvalue weighted by Gasteiger charge is -2.21. The molecule has 0 saturated carbocycles. The maximum Gasteiger partial charge on any atom is 0.418 e. The van der Waals surface area contributed by atoms with E-state index in [1.165, 1.54) is 10.7 Å². The number of hydrogen-bond donors (Lipinski definition) is 1. The molecule has 9 heteroatoms. The van der Waals surface area contributed by atoms with Gasteiger partial charge in [-0.3, -0.25) is 9.67 Å². The van der Waals surface area contributed by atoms with Crippen LogP contribution in [0.25, 0.3) is 33.1 Å². The molecule has 0 aliphatic carbocycles. The summed E-state index contributed by atoms with van der Waals surface area (Å²) in [5, 5.41) is 7.93. The zero-order chi connectivity index (χ0) is 21.8. The second-order valence-electron chi connectivity index (χ2n) is 8.15. The number of nitrogens with zero attached hydrogens (tertiary/aromatic N) is 4. The second kappa shape index (κ2) is 8.33. The van der Waals surface area contributed by atoms with E-state index in [-0.39, 0.29) is 17.9 Å². The van der Waals surface area contributed by atoms with E-state index in [1.807, 2.05) is 18.2 Å². The lowest BCUT2D eigenvalue weighted by molar-refractivity contribution is -0.136. The first-order chi connectivity index (χ1) is 14.8. The number of hydrogen-bond acceptors (Lipinski definition) is 4. The van der Waals surface area contributed by atoms with Crippen molar-refractivity contribution in [3.05, 3.63) is 53.5 Å². The zero-order valence-corrected chi connectivity index (χ0v) is 18.5. The van der Waals surface area contributed by atoms with Gasteiger partial charge in [0.1, 0.15) is 5.52 Å². The highest BCUT2D eigenvalue weighted by Gasteiger charge is 2.35. The molecule has 1 fully saturated rings. The molecule has 2 aromatic heterocycles. The van der Waals surface area contributed by atoms with Crippen LogP contribution < -0.4 is 5.32 Å². The molecule has 0 unspecified atom stereocenters. The van der Waals surface area contributed by atoms with E-state index in [1.54, 1.807) is 26.2 Å². The number of nitrogens with one attached hydrogen (secondary N) is 1. The summed E-state index contributed by atoms with van der Waals surface area (Å²) in [4.78, 5) is 9.35. The Kier molecular flexibility index (Phi) is 5.85. The van der Waals surface area contributed by atoms with Gasteiger partial charge in [0.05, 0.1) is 22.3 Å². The van der Waals surface area contributed by atoms with Crippen LogP contribution in [0.3, 0.4) is 0 Å². The molecule has 0 radical (unpaired) electrons. The molecule has 2 aromatic carbocycles. The van der Waals surface area contributed by atoms with Crippen LogP contribution in [0, 0.1) is 6.92 Å². The third kappa shape index (κ3) is 3.93. The van der Waals surface area contributed by atoms with Crippen molar-refractivity contribution in [3.63, 3.8) is 0 Å². The standard InChI is InChI=1S/C23H22F3N5.ClH/c1-13-17-9-16(10-18(23(24,25)26)22(17)30-31(13)2)15-3-4-19-20(11-15)28-12-21(29-19)14-5-7-27-8-6-14;/h3-4,9-12,14,27H,5-8H2,1-2H3;1H. The van der Waals surface area contributed by atoms with Crippen molar-refractivity contribution in [3.8, 4) is 11.1 Å². The first kappa shape index (κ1) is 22.5. The Hall–Kier alpha value is -2.71. The molecule has 1 saturated heterocycles. The second-order valence-corrected chi connectivity index (χ2v) is 8.15. The molecule has 5 rings (SSSR count). The molecule has 4 aromatic rings. The van der Waals surface area contributed by atoms with E-state index in [9.17, 15) is 13.2 Å². The molecule has 0 amide bonds. The fraction of sp³-hybridized carbons (Fsp3) is 0.348. The molecule has 32 heavy (non-hydrogen) atoms. The Morgan fingerprint density at radius 2 is 1.78 bits per heavy atom. The normalized spacial score (nSPS) is 15.3. The van der Waals surface area contributed by atoms with Crippen LogP contribution >= 0.6 is 12.4 Å². The van der Waals surface area contributed by atoms with Crippen molar-refractivity contribution < 1.29 is 13.2 Å². The molecule has 0 atom stereocenters. The predicted molar refractivity (Wildman–Crippen MR) is 121 cm³/mol. The molecule has 0 spiro atoms. The lowest BCUT2D eigenvalue weighted by Crippen LogP contribution is -2.27. The molecule has 3 heterocycles. The van der Waals surface area contributed by atoms with Crippen LogP contribution in [0.2, 0.25) is 0 Å². The Balaban J connectivity index is 0.00000245. The monoisotopic (exact) mass is 461 g/mol. The van der Waals surface area contributed by atoms with Crippen LogP contribution in [0.4, 0.5) is 13.2 Å². The van der Waals surface area contributed by atoms with E-state index in [2.05, 4.69) is 15.4 Å². The van der Waals surface area contributed by atoms with Gasteiger partial charge in [-0.25, -0.2) is 4.98 Å². The number of alkyl halides is 3. The van der Waals surface area contributed by atoms with Crippen molar-refractivity contribution >= 4 is 34.3 Å². The summed E-state index contributed by atoms with van der Waals surface area (Å²) in [5.41, 5.74) is 3.51. The lowest BCUT2D eigenvalue weighted by atomic mass is 9.94. The topological polar surface area (TPSA) is 55.6 Å². The van der Waals surface area contributed by atoms with Gasteiger partial charge in [-0.05, 0) is 68.2 Å². The minimum atomic E-state index is -4.49. The van der Waals surface area contributed by atoms with Crippen LogP contribution in [0.1, 0.15) is 35.7 Å². The molecule has 168 valence electrons. The maximum absolute atomic E-state index is 13.8. The molecule has 5 nitrogen and oxygen atoms in total. The average molecular weight is 462 g/mol. The summed E-state index contributed by atoms with van der Waals surface area (Å²) in [7, 11) is 1.65. The Labute approximate surface area is 189 Å². The highest BCUT2D eigenvalue weighted by Crippen LogP contribution is 2.39. The van der Waals surface area contributed by atoms with E-state index < -0.39 is 11.7 Å². The van der Waals surface area contributed by atoms with Gasteiger partial charge >= 0.3 is 6.18 Å². The average Bonchev–Trinajstić information content (AvgIpc) is 3.06. The van der Waals surface area contributed by atoms with Gasteiger partial charge < -0.3 is 5.32 Å². The minimum absolute atomic E-state index is 0. The van der Waals surface area contributed by atoms with Gasteiger partial charge in [-0.2, -0.15) is 18.3 Å². The van der Waals surface area contributed by atoms with Crippen LogP contribution in [0.5, 0.6) is 0 Å². The largest absolute Gasteiger partial charge is 0.418 e. The van der Waals surface area contributed by atoms with Gasteiger partial charge in [0.2, 0.25) is 0 Å². The fourth-order valence-corrected chi connectivity index (χ4v) is 4.32. The minimum Gasteiger partial charge on any atom is -0.317 e. The number of aromatic nitrogens is 4. The molecular formula is C23H23ClF3N5. The van der Waals surface area contributed by atoms with E-state index in [4.69, 9.17) is 4.98 Å². The van der Waals surface area contributed by atoms with E-state index >= 15 is 0 Å². The number of rotatable bonds is 2. The smallest absolute Gasteiger partial charge is 0.317 e. The molecule has 1 aliphatic heterocycles. The van der Waals surface area contributed by atoms with Gasteiger partial charge in [-0.15, -0.1) is 12.4 Å². The zero-order valence-electron chi connectivity index (χ0n) is 17.7. The highest BCUT2D eigenvalue weighted by molar-refractivity contribution is 5.91. The maximum atomic E-state index is 13.8. The van der Waals surface area contributed by atoms with Gasteiger partial charge in [0.25, 0.3) is 0 Å². The number of aryl methyl sites for hydroxylation is 2. The van der Waals surface area contributed by atoms with Gasteiger partial charge in [-0.1, -0.05) is 6.07 Å². The summed E-state index contributed by atoms with van der Waals surface area (Å²) in [6.07, 6.45) is -0.626. The van der Waals surface area contributed by atoms with Crippen LogP contribution in [-0.4, -0.2) is 32.8 Å². The molecule has 0 bridgehead atoms. The van der Waals surface area contributed by atoms with Gasteiger partial charge in [0, 0.05) is 30.2 Å². The number of piperidine rings is 1. The third-order valence-corrected chi connectivity index (χ3v) is 6.19. The summed E-state index contributed by atoms with van der Waals surface area (Å²) >= 11 is 0. The third-order valence-electron chi connectivity index (χ3n) is 6.19. The van der Waals surface area contributed by atoms with E-state index in [0.29, 0.717) is 33.6 Å². The Morgan fingerprint density at radius 1 is 1.03 bits per heavy atom. The molecule has 1 N–H and O–H groups in total. The molecular weight excluding hydrogens is 439 g/mol. The number of halogens is 4. The van der Waals surface area contributed by atoms with Crippen molar-refractivity contribution in [2.24, 2.45) is 7.05 Å². The summed E-state index contributed by atoms with van der Waals surface area (Å²) < 4.78 is 42.7. The van der Waals surface area contributed by atoms with Crippen LogP contribution in [0.15, 0.2) is 36.5 Å². The van der Waals surface area contributed by atoms with Gasteiger partial charge in [0.15, 0.2) is 0 Å². The Bertz CT molecular complexity index is 1290. The SMILES string of the molecule is Cc1c2cc(-c3ccc4nc(C5CCNCC5)cnc4c3)cc(C(F)(F)F)c2nn1C.Cl. The van der Waals surface area contributed by atoms with Crippen molar-refractivity contribution in [2.75, 3.05) is 13.1 Å². The summed E-state index contributed by atoms with van der Waals surface area (Å²) in [5.74, 6) is 0.392. The number of fused-ring (bicyclic) bond motifs is 2. The predicted octanol–water partition coefficient (Wildman–Crippen LogP) is 5.40. The number of benzene rings is 2. The molecule has 1 aliphatic rings. The first-order valence-corrected chi connectivity index (χ1v) is 10.3. The fourth-order valence-electron chi connectivity index (χ4n) is 4.32. The summed E-state index contributed by atoms with van der Waals surface area (Å²) in [6.45, 7) is 3.72. The van der Waals surface area contributed by atoms with Crippen molar-refractivity contribution in [1.82, 2.24) is 25.1 Å². The Morgan fingerprint density at radius 3 is 2.50 bits per heavy atom. The quantitative estimate of drug-likeness (QED) is 0.434. The summed E-state index contributed by atoms with van der Waals surface area (Å²) in [6, 6.07) is 8.41. The first-order valence-electron chi connectivity index (χ1n) is 10.3. The van der Waals surface area contributed by atoms with Crippen molar-refractivity contribution in [1.29, 1.82) is 0 Å². The van der Waals surface area contributed by atoms with E-state index in [0.717, 1.165) is 37.1 Å². The van der Waals surface area contributed by atoms with Crippen LogP contribution in [-0.2, 0) is 13.2 Å². The van der Waals surface area contributed by atoms with Crippen molar-refractivity contribution in [2.45, 2.75) is 31.9 Å². The highest BCUT2D eigenvalue weighted by atomic mass is 35.5.